The maximum absolute atomic E-state index is 13.1. The van der Waals surface area contributed by atoms with Crippen LogP contribution in [-0.2, 0) is 16.0 Å². The molecule has 0 saturated carbocycles. The number of nitrogens with zero attached hydrogens (tertiary/aromatic N) is 4. The molecule has 1 amide bonds. The zero-order chi connectivity index (χ0) is 21.0. The summed E-state index contributed by atoms with van der Waals surface area (Å²) in [6, 6.07) is 6.60. The lowest BCUT2D eigenvalue weighted by Crippen LogP contribution is -2.49. The average Bonchev–Trinajstić information content (AvgIpc) is 3.10. The molecule has 1 aromatic carbocycles. The predicted molar refractivity (Wildman–Crippen MR) is 113 cm³/mol. The van der Waals surface area contributed by atoms with E-state index in [4.69, 9.17) is 4.74 Å². The molecule has 1 fully saturated rings. The first-order valence-electron chi connectivity index (χ1n) is 10.1. The molecular weight excluding hydrogens is 391 g/mol. The third kappa shape index (κ3) is 5.96. The minimum atomic E-state index is -0.250. The third-order valence-electron chi connectivity index (χ3n) is 4.94. The first-order chi connectivity index (χ1) is 13.8. The van der Waals surface area contributed by atoms with Gasteiger partial charge in [0.05, 0.1) is 12.2 Å². The Morgan fingerprint density at radius 2 is 1.93 bits per heavy atom. The van der Waals surface area contributed by atoms with Crippen molar-refractivity contribution in [3.8, 4) is 0 Å². The molecule has 29 heavy (non-hydrogen) atoms. The summed E-state index contributed by atoms with van der Waals surface area (Å²) < 4.78 is 23.3. The maximum atomic E-state index is 13.1. The van der Waals surface area contributed by atoms with Gasteiger partial charge in [0.2, 0.25) is 11.0 Å². The second-order valence-electron chi connectivity index (χ2n) is 7.89. The van der Waals surface area contributed by atoms with Crippen LogP contribution in [0.15, 0.2) is 24.3 Å². The molecule has 0 N–H and O–H groups in total. The van der Waals surface area contributed by atoms with Crippen molar-refractivity contribution in [1.82, 2.24) is 14.3 Å². The van der Waals surface area contributed by atoms with Crippen LogP contribution in [0.3, 0.4) is 0 Å². The van der Waals surface area contributed by atoms with Crippen LogP contribution in [0.25, 0.3) is 0 Å². The minimum Gasteiger partial charge on any atom is -0.372 e. The number of halogens is 1. The maximum Gasteiger partial charge on any atom is 0.224 e. The van der Waals surface area contributed by atoms with Crippen molar-refractivity contribution >= 4 is 22.6 Å². The molecule has 1 aliphatic heterocycles. The first kappa shape index (κ1) is 21.6. The Kier molecular flexibility index (Phi) is 7.18. The quantitative estimate of drug-likeness (QED) is 0.686. The van der Waals surface area contributed by atoms with Gasteiger partial charge >= 0.3 is 0 Å². The molecule has 0 bridgehead atoms. The third-order valence-corrected chi connectivity index (χ3v) is 5.73. The van der Waals surface area contributed by atoms with Crippen molar-refractivity contribution in [3.63, 3.8) is 0 Å². The van der Waals surface area contributed by atoms with Gasteiger partial charge in [-0.25, -0.2) is 9.37 Å². The summed E-state index contributed by atoms with van der Waals surface area (Å²) in [5, 5.41) is 0.814. The molecule has 0 radical (unpaired) electrons. The van der Waals surface area contributed by atoms with Gasteiger partial charge < -0.3 is 14.5 Å². The average molecular weight is 421 g/mol. The fourth-order valence-corrected chi connectivity index (χ4v) is 4.39. The fraction of sp³-hybridized carbons (Fsp3) is 0.571. The topological polar surface area (TPSA) is 58.6 Å². The lowest BCUT2D eigenvalue weighted by atomic mass is 10.1. The molecule has 8 heteroatoms. The monoisotopic (exact) mass is 420 g/mol. The van der Waals surface area contributed by atoms with Crippen LogP contribution in [0.5, 0.6) is 0 Å². The SMILES string of the molecule is CC1CN(C(=O)CCN(c2nc(Cc3ccc(F)cc3)ns2)C(C)C)CC(C)O1. The highest BCUT2D eigenvalue weighted by atomic mass is 32.1. The number of hydrogen-bond acceptors (Lipinski definition) is 6. The molecule has 3 rings (SSSR count). The number of ether oxygens (including phenoxy) is 1. The number of carbonyl (C=O) groups excluding carboxylic acids is 1. The molecule has 6 nitrogen and oxygen atoms in total. The Balaban J connectivity index is 1.60. The lowest BCUT2D eigenvalue weighted by Gasteiger charge is -2.36. The Morgan fingerprint density at radius 1 is 1.28 bits per heavy atom. The summed E-state index contributed by atoms with van der Waals surface area (Å²) >= 11 is 1.34. The molecule has 2 aromatic rings. The van der Waals surface area contributed by atoms with E-state index in [1.165, 1.54) is 23.7 Å². The minimum absolute atomic E-state index is 0.0704. The van der Waals surface area contributed by atoms with Gasteiger partial charge in [-0.1, -0.05) is 12.1 Å². The van der Waals surface area contributed by atoms with E-state index < -0.39 is 0 Å². The van der Waals surface area contributed by atoms with Crippen molar-refractivity contribution < 1.29 is 13.9 Å². The highest BCUT2D eigenvalue weighted by Crippen LogP contribution is 2.22. The fourth-order valence-electron chi connectivity index (χ4n) is 3.55. The molecule has 0 spiro atoms. The van der Waals surface area contributed by atoms with Crippen LogP contribution >= 0.6 is 11.5 Å². The Bertz CT molecular complexity index is 801. The van der Waals surface area contributed by atoms with Crippen LogP contribution in [0.2, 0.25) is 0 Å². The second kappa shape index (κ2) is 9.63. The van der Waals surface area contributed by atoms with E-state index >= 15 is 0 Å². The van der Waals surface area contributed by atoms with E-state index in [-0.39, 0.29) is 30.0 Å². The van der Waals surface area contributed by atoms with E-state index in [0.29, 0.717) is 38.3 Å². The van der Waals surface area contributed by atoms with Crippen LogP contribution in [0.1, 0.15) is 45.5 Å². The van der Waals surface area contributed by atoms with Crippen LogP contribution < -0.4 is 4.90 Å². The Hall–Kier alpha value is -2.06. The van der Waals surface area contributed by atoms with Gasteiger partial charge in [-0.05, 0) is 45.4 Å². The molecule has 2 unspecified atom stereocenters. The summed E-state index contributed by atoms with van der Waals surface area (Å²) in [6.45, 7) is 10.1. The number of hydrogen-bond donors (Lipinski definition) is 0. The molecule has 1 saturated heterocycles. The van der Waals surface area contributed by atoms with Gasteiger partial charge in [0, 0.05) is 50.1 Å². The number of carbonyl (C=O) groups is 1. The summed E-state index contributed by atoms with van der Waals surface area (Å²) in [6.07, 6.45) is 1.14. The number of amides is 1. The predicted octanol–water partition coefficient (Wildman–Crippen LogP) is 3.51. The standard InChI is InChI=1S/C21H29FN4O2S/c1-14(2)26(10-9-20(27)25-12-15(3)28-16(4)13-25)21-23-19(24-29-21)11-17-5-7-18(22)8-6-17/h5-8,14-16H,9-13H2,1-4H3. The summed E-state index contributed by atoms with van der Waals surface area (Å²) in [7, 11) is 0. The molecule has 2 atom stereocenters. The Labute approximate surface area is 175 Å². The van der Waals surface area contributed by atoms with Crippen LogP contribution in [0, 0.1) is 5.82 Å². The molecule has 0 aliphatic carbocycles. The van der Waals surface area contributed by atoms with E-state index in [9.17, 15) is 9.18 Å². The normalized spacial score (nSPS) is 19.6. The van der Waals surface area contributed by atoms with Crippen molar-refractivity contribution in [1.29, 1.82) is 0 Å². The van der Waals surface area contributed by atoms with Gasteiger partial charge in [0.1, 0.15) is 11.6 Å². The number of aromatic nitrogens is 2. The van der Waals surface area contributed by atoms with Crippen molar-refractivity contribution in [3.05, 3.63) is 41.5 Å². The zero-order valence-electron chi connectivity index (χ0n) is 17.5. The van der Waals surface area contributed by atoms with E-state index in [1.54, 1.807) is 12.1 Å². The van der Waals surface area contributed by atoms with Crippen LogP contribution in [0.4, 0.5) is 9.52 Å². The molecule has 2 heterocycles. The number of benzene rings is 1. The number of anilines is 1. The Morgan fingerprint density at radius 3 is 2.55 bits per heavy atom. The zero-order valence-corrected chi connectivity index (χ0v) is 18.3. The van der Waals surface area contributed by atoms with Gasteiger partial charge in [0.15, 0.2) is 0 Å². The van der Waals surface area contributed by atoms with Crippen molar-refractivity contribution in [2.75, 3.05) is 24.5 Å². The van der Waals surface area contributed by atoms with Crippen molar-refractivity contribution in [2.45, 2.75) is 58.8 Å². The highest BCUT2D eigenvalue weighted by Gasteiger charge is 2.26. The van der Waals surface area contributed by atoms with Crippen molar-refractivity contribution in [2.24, 2.45) is 0 Å². The van der Waals surface area contributed by atoms with Gasteiger partial charge in [0.25, 0.3) is 0 Å². The molecule has 1 aromatic heterocycles. The first-order valence-corrected chi connectivity index (χ1v) is 10.9. The summed E-state index contributed by atoms with van der Waals surface area (Å²) in [4.78, 5) is 21.4. The van der Waals surface area contributed by atoms with Crippen LogP contribution in [-0.4, -0.2) is 58.0 Å². The highest BCUT2D eigenvalue weighted by molar-refractivity contribution is 7.09. The second-order valence-corrected chi connectivity index (χ2v) is 8.62. The number of rotatable bonds is 7. The summed E-state index contributed by atoms with van der Waals surface area (Å²) in [5.74, 6) is 0.610. The van der Waals surface area contributed by atoms with E-state index in [0.717, 1.165) is 10.7 Å². The lowest BCUT2D eigenvalue weighted by molar-refractivity contribution is -0.143. The van der Waals surface area contributed by atoms with Gasteiger partial charge in [-0.2, -0.15) is 4.37 Å². The van der Waals surface area contributed by atoms with E-state index in [1.807, 2.05) is 18.7 Å². The molecular formula is C21H29FN4O2S. The largest absolute Gasteiger partial charge is 0.372 e. The van der Waals surface area contributed by atoms with Gasteiger partial charge in [-0.15, -0.1) is 0 Å². The summed E-state index contributed by atoms with van der Waals surface area (Å²) in [5.41, 5.74) is 0.970. The van der Waals surface area contributed by atoms with E-state index in [2.05, 4.69) is 28.1 Å². The smallest absolute Gasteiger partial charge is 0.224 e. The molecule has 158 valence electrons. The molecule has 1 aliphatic rings. The van der Waals surface area contributed by atoms with Gasteiger partial charge in [-0.3, -0.25) is 4.79 Å². The number of morpholine rings is 1.